The van der Waals surface area contributed by atoms with Gasteiger partial charge < -0.3 is 10.1 Å². The molecule has 2 heterocycles. The molecule has 1 saturated heterocycles. The van der Waals surface area contributed by atoms with E-state index in [2.05, 4.69) is 10.3 Å². The van der Waals surface area contributed by atoms with Gasteiger partial charge in [0.2, 0.25) is 5.91 Å². The monoisotopic (exact) mass is 302 g/mol. The van der Waals surface area contributed by atoms with Crippen LogP contribution in [-0.4, -0.2) is 23.6 Å². The van der Waals surface area contributed by atoms with E-state index >= 15 is 0 Å². The maximum Gasteiger partial charge on any atom is 0.230 e. The molecular formula is C16H18N2O2S. The molecule has 3 rings (SSSR count). The van der Waals surface area contributed by atoms with Crippen LogP contribution in [0.1, 0.15) is 19.0 Å². The summed E-state index contributed by atoms with van der Waals surface area (Å²) in [5.74, 6) is -0.0248. The van der Waals surface area contributed by atoms with Gasteiger partial charge in [0.25, 0.3) is 0 Å². The van der Waals surface area contributed by atoms with E-state index in [0.29, 0.717) is 6.61 Å². The van der Waals surface area contributed by atoms with E-state index in [4.69, 9.17) is 4.74 Å². The number of amides is 1. The fourth-order valence-electron chi connectivity index (χ4n) is 2.53. The summed E-state index contributed by atoms with van der Waals surface area (Å²) in [5.41, 5.74) is 2.85. The van der Waals surface area contributed by atoms with Crippen LogP contribution >= 0.6 is 11.3 Å². The number of aromatic nitrogens is 1. The largest absolute Gasteiger partial charge is 0.378 e. The summed E-state index contributed by atoms with van der Waals surface area (Å²) in [6.07, 6.45) is 0.785. The molecule has 1 aromatic carbocycles. The number of hydrogen-bond acceptors (Lipinski definition) is 4. The van der Waals surface area contributed by atoms with Crippen LogP contribution in [0.15, 0.2) is 29.6 Å². The van der Waals surface area contributed by atoms with Gasteiger partial charge in [-0.05, 0) is 32.4 Å². The summed E-state index contributed by atoms with van der Waals surface area (Å²) in [7, 11) is 0. The highest BCUT2D eigenvalue weighted by atomic mass is 32.1. The van der Waals surface area contributed by atoms with Crippen LogP contribution in [0.25, 0.3) is 10.6 Å². The van der Waals surface area contributed by atoms with Crippen molar-refractivity contribution in [1.29, 1.82) is 0 Å². The van der Waals surface area contributed by atoms with E-state index in [9.17, 15) is 4.79 Å². The molecule has 1 fully saturated rings. The molecule has 0 unspecified atom stereocenters. The van der Waals surface area contributed by atoms with Gasteiger partial charge in [-0.3, -0.25) is 4.79 Å². The number of aryl methyl sites for hydroxylation is 1. The Morgan fingerprint density at radius 1 is 1.48 bits per heavy atom. The summed E-state index contributed by atoms with van der Waals surface area (Å²) < 4.78 is 5.45. The molecule has 2 atom stereocenters. The topological polar surface area (TPSA) is 51.2 Å². The van der Waals surface area contributed by atoms with Gasteiger partial charge in [-0.2, -0.15) is 0 Å². The van der Waals surface area contributed by atoms with Crippen molar-refractivity contribution in [1.82, 2.24) is 4.98 Å². The standard InChI is InChI=1S/C16H18N2O2S/c1-10-9-21-16(17-10)12-4-3-5-13(8-12)18-15(19)14-6-7-20-11(14)2/h3-5,8-9,11,14H,6-7H2,1-2H3,(H,18,19)/t11-,14+/m1/s1. The van der Waals surface area contributed by atoms with E-state index in [1.54, 1.807) is 11.3 Å². The predicted molar refractivity (Wildman–Crippen MR) is 84.4 cm³/mol. The Hall–Kier alpha value is -1.72. The molecule has 0 saturated carbocycles. The van der Waals surface area contributed by atoms with Gasteiger partial charge in [-0.25, -0.2) is 4.98 Å². The number of ether oxygens (including phenoxy) is 1. The Morgan fingerprint density at radius 2 is 2.33 bits per heavy atom. The SMILES string of the molecule is Cc1csc(-c2cccc(NC(=O)[C@H]3CCO[C@@H]3C)c2)n1. The number of carbonyl (C=O) groups excluding carboxylic acids is 1. The molecule has 0 spiro atoms. The predicted octanol–water partition coefficient (Wildman–Crippen LogP) is 3.48. The zero-order valence-corrected chi connectivity index (χ0v) is 12.9. The number of hydrogen-bond donors (Lipinski definition) is 1. The highest BCUT2D eigenvalue weighted by molar-refractivity contribution is 7.13. The summed E-state index contributed by atoms with van der Waals surface area (Å²) in [6.45, 7) is 4.59. The molecule has 1 aliphatic heterocycles. The maximum absolute atomic E-state index is 12.3. The van der Waals surface area contributed by atoms with E-state index in [1.165, 1.54) is 0 Å². The molecular weight excluding hydrogens is 284 g/mol. The lowest BCUT2D eigenvalue weighted by Gasteiger charge is -2.14. The maximum atomic E-state index is 12.3. The lowest BCUT2D eigenvalue weighted by atomic mass is 10.0. The van der Waals surface area contributed by atoms with E-state index in [1.807, 2.05) is 43.5 Å². The highest BCUT2D eigenvalue weighted by Gasteiger charge is 2.30. The van der Waals surface area contributed by atoms with Gasteiger partial charge in [-0.15, -0.1) is 11.3 Å². The minimum absolute atomic E-state index is 0.00482. The van der Waals surface area contributed by atoms with Crippen molar-refractivity contribution >= 4 is 22.9 Å². The molecule has 5 heteroatoms. The lowest BCUT2D eigenvalue weighted by molar-refractivity contribution is -0.121. The molecule has 4 nitrogen and oxygen atoms in total. The molecule has 1 aliphatic rings. The minimum atomic E-state index is -0.0595. The number of anilines is 1. The van der Waals surface area contributed by atoms with Crippen molar-refractivity contribution in [3.63, 3.8) is 0 Å². The van der Waals surface area contributed by atoms with Gasteiger partial charge >= 0.3 is 0 Å². The molecule has 1 N–H and O–H groups in total. The zero-order chi connectivity index (χ0) is 14.8. The Morgan fingerprint density at radius 3 is 3.00 bits per heavy atom. The normalized spacial score (nSPS) is 21.4. The summed E-state index contributed by atoms with van der Waals surface area (Å²) >= 11 is 1.61. The van der Waals surface area contributed by atoms with Crippen molar-refractivity contribution in [3.8, 4) is 10.6 Å². The molecule has 1 aromatic heterocycles. The van der Waals surface area contributed by atoms with Gasteiger partial charge in [0.05, 0.1) is 12.0 Å². The summed E-state index contributed by atoms with van der Waals surface area (Å²) in [5, 5.41) is 5.99. The average Bonchev–Trinajstić information content (AvgIpc) is 3.08. The lowest BCUT2D eigenvalue weighted by Crippen LogP contribution is -2.27. The second-order valence-corrected chi connectivity index (χ2v) is 6.19. The number of nitrogens with one attached hydrogen (secondary N) is 1. The molecule has 2 aromatic rings. The van der Waals surface area contributed by atoms with Gasteiger partial charge in [0.15, 0.2) is 0 Å². The van der Waals surface area contributed by atoms with Crippen molar-refractivity contribution < 1.29 is 9.53 Å². The molecule has 0 bridgehead atoms. The van der Waals surface area contributed by atoms with Crippen molar-refractivity contribution in [2.45, 2.75) is 26.4 Å². The number of nitrogens with zero attached hydrogens (tertiary/aromatic N) is 1. The van der Waals surface area contributed by atoms with Crippen LogP contribution in [0.2, 0.25) is 0 Å². The van der Waals surface area contributed by atoms with Crippen LogP contribution in [0, 0.1) is 12.8 Å². The second-order valence-electron chi connectivity index (χ2n) is 5.34. The summed E-state index contributed by atoms with van der Waals surface area (Å²) in [4.78, 5) is 16.7. The van der Waals surface area contributed by atoms with Gasteiger partial charge in [0.1, 0.15) is 5.01 Å². The van der Waals surface area contributed by atoms with Crippen molar-refractivity contribution in [2.75, 3.05) is 11.9 Å². The zero-order valence-electron chi connectivity index (χ0n) is 12.1. The Balaban J connectivity index is 1.76. The molecule has 1 amide bonds. The first kappa shape index (κ1) is 14.2. The smallest absolute Gasteiger partial charge is 0.230 e. The molecule has 110 valence electrons. The number of rotatable bonds is 3. The average molecular weight is 302 g/mol. The Kier molecular flexibility index (Phi) is 4.03. The third-order valence-corrected chi connectivity index (χ3v) is 4.72. The summed E-state index contributed by atoms with van der Waals surface area (Å²) in [6, 6.07) is 7.82. The van der Waals surface area contributed by atoms with Crippen LogP contribution in [0.4, 0.5) is 5.69 Å². The van der Waals surface area contributed by atoms with Crippen LogP contribution < -0.4 is 5.32 Å². The molecule has 21 heavy (non-hydrogen) atoms. The number of carbonyl (C=O) groups is 1. The van der Waals surface area contributed by atoms with Crippen LogP contribution in [-0.2, 0) is 9.53 Å². The van der Waals surface area contributed by atoms with Crippen LogP contribution in [0.5, 0.6) is 0 Å². The fraction of sp³-hybridized carbons (Fsp3) is 0.375. The van der Waals surface area contributed by atoms with Gasteiger partial charge in [0, 0.05) is 28.9 Å². The minimum Gasteiger partial charge on any atom is -0.378 e. The van der Waals surface area contributed by atoms with Crippen LogP contribution in [0.3, 0.4) is 0 Å². The van der Waals surface area contributed by atoms with E-state index < -0.39 is 0 Å². The first-order valence-corrected chi connectivity index (χ1v) is 7.96. The highest BCUT2D eigenvalue weighted by Crippen LogP contribution is 2.27. The molecule has 0 radical (unpaired) electrons. The third kappa shape index (κ3) is 3.14. The first-order chi connectivity index (χ1) is 10.1. The fourth-order valence-corrected chi connectivity index (χ4v) is 3.32. The van der Waals surface area contributed by atoms with E-state index in [0.717, 1.165) is 28.4 Å². The molecule has 0 aliphatic carbocycles. The Bertz CT molecular complexity index is 653. The quantitative estimate of drug-likeness (QED) is 0.944. The van der Waals surface area contributed by atoms with Crippen molar-refractivity contribution in [2.24, 2.45) is 5.92 Å². The first-order valence-electron chi connectivity index (χ1n) is 7.08. The third-order valence-electron chi connectivity index (χ3n) is 3.71. The van der Waals surface area contributed by atoms with E-state index in [-0.39, 0.29) is 17.9 Å². The number of thiazole rings is 1. The number of benzene rings is 1. The van der Waals surface area contributed by atoms with Crippen molar-refractivity contribution in [3.05, 3.63) is 35.3 Å². The van der Waals surface area contributed by atoms with Gasteiger partial charge in [-0.1, -0.05) is 12.1 Å². The second kappa shape index (κ2) is 5.95. The Labute approximate surface area is 128 Å².